The fourth-order valence-corrected chi connectivity index (χ4v) is 3.18. The zero-order chi connectivity index (χ0) is 15.8. The number of carbonyl (C=O) groups is 1. The van der Waals surface area contributed by atoms with Crippen LogP contribution in [0.15, 0.2) is 10.7 Å². The molecule has 1 atom stereocenters. The summed E-state index contributed by atoms with van der Waals surface area (Å²) in [5, 5.41) is 8.57. The van der Waals surface area contributed by atoms with E-state index in [-0.39, 0.29) is 10.7 Å². The molecule has 0 aromatic carbocycles. The molecule has 21 heavy (non-hydrogen) atoms. The first-order valence-electron chi connectivity index (χ1n) is 6.93. The maximum atomic E-state index is 11.9. The Morgan fingerprint density at radius 2 is 2.19 bits per heavy atom. The first-order valence-corrected chi connectivity index (χ1v) is 8.25. The molecule has 1 aliphatic heterocycles. The Bertz CT molecular complexity index is 562. The molecule has 1 amide bonds. The van der Waals surface area contributed by atoms with E-state index >= 15 is 0 Å². The summed E-state index contributed by atoms with van der Waals surface area (Å²) in [7, 11) is -0.842. The third kappa shape index (κ3) is 3.61. The summed E-state index contributed by atoms with van der Waals surface area (Å²) >= 11 is 0. The van der Waals surface area contributed by atoms with Gasteiger partial charge in [0.25, 0.3) is 6.20 Å². The van der Waals surface area contributed by atoms with Crippen LogP contribution in [-0.4, -0.2) is 39.0 Å². The number of nitrogens with one attached hydrogen (secondary N) is 1. The van der Waals surface area contributed by atoms with Crippen molar-refractivity contribution in [2.75, 3.05) is 29.2 Å². The summed E-state index contributed by atoms with van der Waals surface area (Å²) in [5.74, 6) is 0.765. The van der Waals surface area contributed by atoms with Crippen LogP contribution in [0.1, 0.15) is 34.6 Å². The highest BCUT2D eigenvalue weighted by Gasteiger charge is 2.38. The highest BCUT2D eigenvalue weighted by molar-refractivity contribution is 7.86. The Labute approximate surface area is 127 Å². The maximum Gasteiger partial charge on any atom is 0.305 e. The average molecular weight is 315 g/mol. The number of nitrogens with zero attached hydrogens (tertiary/aromatic N) is 3. The highest BCUT2D eigenvalue weighted by Crippen LogP contribution is 2.18. The topological polar surface area (TPSA) is 79.3 Å². The predicted molar refractivity (Wildman–Crippen MR) is 79.8 cm³/mol. The largest absolute Gasteiger partial charge is 0.305 e. The molecule has 1 N–H and O–H groups in total. The molecule has 1 fully saturated rings. The number of hydrogen-bond donors (Lipinski definition) is 1. The van der Waals surface area contributed by atoms with Gasteiger partial charge < -0.3 is 0 Å². The van der Waals surface area contributed by atoms with Crippen LogP contribution in [0.5, 0.6) is 0 Å². The fraction of sp³-hybridized carbons (Fsp3) is 0.769. The number of hydrogen-bond acceptors (Lipinski definition) is 5. The molecular weight excluding hydrogens is 292 g/mol. The molecule has 0 radical (unpaired) electrons. The smallest absolute Gasteiger partial charge is 0.288 e. The number of amides is 1. The Balaban J connectivity index is 2.07. The van der Waals surface area contributed by atoms with E-state index in [0.29, 0.717) is 24.7 Å². The summed E-state index contributed by atoms with van der Waals surface area (Å²) < 4.78 is 16.8. The van der Waals surface area contributed by atoms with Crippen molar-refractivity contribution in [3.8, 4) is 0 Å². The number of rotatable bonds is 2. The standard InChI is InChI=1S/C13H22N4O3S/c1-12(2,3)11(18)14-10-8-17(15-20-10)16-6-7-21(19)13(4,5)9-16/h8H,6-7,9H2,1-5H3/p+1. The first-order chi connectivity index (χ1) is 9.59. The first kappa shape index (κ1) is 15.9. The number of aromatic nitrogens is 2. The van der Waals surface area contributed by atoms with Gasteiger partial charge >= 0.3 is 5.88 Å². The second kappa shape index (κ2) is 5.40. The summed E-state index contributed by atoms with van der Waals surface area (Å²) in [6.45, 7) is 10.7. The zero-order valence-electron chi connectivity index (χ0n) is 13.2. The van der Waals surface area contributed by atoms with E-state index in [1.165, 1.54) is 0 Å². The van der Waals surface area contributed by atoms with Gasteiger partial charge in [-0.2, -0.15) is 5.01 Å². The molecule has 118 valence electrons. The number of carbonyl (C=O) groups excluding carboxylic acids is 1. The minimum atomic E-state index is -0.842. The Hall–Kier alpha value is -1.44. The van der Waals surface area contributed by atoms with Crippen LogP contribution >= 0.6 is 0 Å². The molecule has 0 spiro atoms. The van der Waals surface area contributed by atoms with Crippen LogP contribution in [-0.2, 0) is 15.6 Å². The van der Waals surface area contributed by atoms with E-state index in [2.05, 4.69) is 10.6 Å². The predicted octanol–water partition coefficient (Wildman–Crippen LogP) is 0.426. The van der Waals surface area contributed by atoms with Crippen LogP contribution < -0.4 is 15.1 Å². The van der Waals surface area contributed by atoms with Gasteiger partial charge in [0.05, 0.1) is 22.6 Å². The van der Waals surface area contributed by atoms with Crippen LogP contribution in [0.3, 0.4) is 0 Å². The Kier molecular flexibility index (Phi) is 4.10. The Morgan fingerprint density at radius 3 is 2.76 bits per heavy atom. The van der Waals surface area contributed by atoms with Crippen LogP contribution in [0, 0.1) is 5.41 Å². The lowest BCUT2D eigenvalue weighted by Gasteiger charge is -2.31. The minimum absolute atomic E-state index is 0.133. The van der Waals surface area contributed by atoms with E-state index in [1.54, 1.807) is 11.0 Å². The van der Waals surface area contributed by atoms with Crippen molar-refractivity contribution in [3.05, 3.63) is 6.20 Å². The van der Waals surface area contributed by atoms with Gasteiger partial charge in [-0.1, -0.05) is 20.8 Å². The van der Waals surface area contributed by atoms with Gasteiger partial charge in [0.1, 0.15) is 0 Å². The van der Waals surface area contributed by atoms with Crippen molar-refractivity contribution in [2.24, 2.45) is 5.41 Å². The Morgan fingerprint density at radius 1 is 1.52 bits per heavy atom. The molecule has 1 aromatic rings. The minimum Gasteiger partial charge on any atom is -0.288 e. The van der Waals surface area contributed by atoms with Crippen molar-refractivity contribution >= 4 is 22.6 Å². The van der Waals surface area contributed by atoms with Gasteiger partial charge in [0.2, 0.25) is 11.2 Å². The van der Waals surface area contributed by atoms with Crippen molar-refractivity contribution < 1.29 is 18.3 Å². The van der Waals surface area contributed by atoms with E-state index in [0.717, 1.165) is 0 Å². The monoisotopic (exact) mass is 315 g/mol. The molecule has 1 unspecified atom stereocenters. The summed E-state index contributed by atoms with van der Waals surface area (Å²) in [4.78, 5) is 13.5. The third-order valence-corrected chi connectivity index (χ3v) is 5.29. The second-order valence-corrected chi connectivity index (χ2v) is 9.09. The lowest BCUT2D eigenvalue weighted by atomic mass is 9.96. The van der Waals surface area contributed by atoms with Crippen LogP contribution in [0.25, 0.3) is 0 Å². The normalized spacial score (nSPS) is 22.1. The number of anilines is 1. The molecule has 2 heterocycles. The molecule has 2 rings (SSSR count). The molecule has 0 saturated carbocycles. The molecular formula is C13H23N4O3S+. The fourth-order valence-electron chi connectivity index (χ4n) is 1.96. The summed E-state index contributed by atoms with van der Waals surface area (Å²) in [5.41, 5.74) is -0.498. The molecule has 1 aromatic heterocycles. The van der Waals surface area contributed by atoms with Crippen LogP contribution in [0.4, 0.5) is 5.88 Å². The van der Waals surface area contributed by atoms with Crippen molar-refractivity contribution in [3.63, 3.8) is 0 Å². The molecule has 0 aliphatic carbocycles. The zero-order valence-corrected chi connectivity index (χ0v) is 14.0. The molecule has 1 saturated heterocycles. The second-order valence-electron chi connectivity index (χ2n) is 6.89. The van der Waals surface area contributed by atoms with E-state index in [9.17, 15) is 9.00 Å². The molecule has 0 bridgehead atoms. The quantitative estimate of drug-likeness (QED) is 0.801. The molecule has 7 nitrogen and oxygen atoms in total. The van der Waals surface area contributed by atoms with E-state index < -0.39 is 16.2 Å². The van der Waals surface area contributed by atoms with Gasteiger partial charge in [0.15, 0.2) is 0 Å². The average Bonchev–Trinajstić information content (AvgIpc) is 2.80. The van der Waals surface area contributed by atoms with Gasteiger partial charge in [-0.05, 0) is 13.8 Å². The van der Waals surface area contributed by atoms with Crippen LogP contribution in [0.2, 0.25) is 0 Å². The molecule has 8 heteroatoms. The molecule has 1 aliphatic rings. The summed E-state index contributed by atoms with van der Waals surface area (Å²) in [6, 6.07) is 0. The third-order valence-electron chi connectivity index (χ3n) is 3.38. The van der Waals surface area contributed by atoms with Crippen molar-refractivity contribution in [2.45, 2.75) is 39.4 Å². The highest BCUT2D eigenvalue weighted by atomic mass is 32.2. The lowest BCUT2D eigenvalue weighted by Crippen LogP contribution is -2.67. The van der Waals surface area contributed by atoms with Gasteiger partial charge in [0, 0.05) is 22.0 Å². The van der Waals surface area contributed by atoms with E-state index in [1.807, 2.05) is 39.6 Å². The van der Waals surface area contributed by atoms with Gasteiger partial charge in [-0.15, -0.1) is 0 Å². The van der Waals surface area contributed by atoms with Crippen molar-refractivity contribution in [1.29, 1.82) is 0 Å². The van der Waals surface area contributed by atoms with Gasteiger partial charge in [-0.25, -0.2) is 0 Å². The summed E-state index contributed by atoms with van der Waals surface area (Å²) in [6.07, 6.45) is 1.63. The maximum absolute atomic E-state index is 11.9. The van der Waals surface area contributed by atoms with Crippen molar-refractivity contribution in [1.82, 2.24) is 5.27 Å². The van der Waals surface area contributed by atoms with Gasteiger partial charge in [-0.3, -0.25) is 18.8 Å². The lowest BCUT2D eigenvalue weighted by molar-refractivity contribution is -0.758. The SMILES string of the molecule is CC(C)(C)C(=O)Nc1c[n+](N2CCS(=O)C(C)(C)C2)no1. The van der Waals surface area contributed by atoms with E-state index in [4.69, 9.17) is 4.52 Å².